The molecule has 2 bridgehead atoms. The van der Waals surface area contributed by atoms with Gasteiger partial charge in [0, 0.05) is 49.0 Å². The second-order valence-corrected chi connectivity index (χ2v) is 10.1. The average molecular weight is 528 g/mol. The number of anilines is 1. The second kappa shape index (κ2) is 10.6. The maximum Gasteiger partial charge on any atom is 0.319 e. The summed E-state index contributed by atoms with van der Waals surface area (Å²) in [5.41, 5.74) is 3.56. The van der Waals surface area contributed by atoms with Crippen molar-refractivity contribution in [3.8, 4) is 22.8 Å². The minimum Gasteiger partial charge on any atom is -0.493 e. The van der Waals surface area contributed by atoms with Crippen LogP contribution >= 0.6 is 11.6 Å². The number of urea groups is 1. The van der Waals surface area contributed by atoms with Crippen LogP contribution in [-0.2, 0) is 7.05 Å². The van der Waals surface area contributed by atoms with Crippen molar-refractivity contribution < 1.29 is 18.7 Å². The number of aryl methyl sites for hydroxylation is 1. The van der Waals surface area contributed by atoms with Crippen LogP contribution in [0.25, 0.3) is 11.3 Å². The molecule has 4 atom stereocenters. The van der Waals surface area contributed by atoms with E-state index >= 15 is 0 Å². The van der Waals surface area contributed by atoms with Gasteiger partial charge in [-0.25, -0.2) is 9.18 Å². The lowest BCUT2D eigenvalue weighted by Crippen LogP contribution is -2.56. The van der Waals surface area contributed by atoms with Crippen LogP contribution < -0.4 is 20.1 Å². The molecule has 3 fully saturated rings. The largest absolute Gasteiger partial charge is 0.493 e. The van der Waals surface area contributed by atoms with Gasteiger partial charge < -0.3 is 20.1 Å². The molecule has 3 saturated heterocycles. The number of benzene rings is 2. The summed E-state index contributed by atoms with van der Waals surface area (Å²) < 4.78 is 26.2. The highest BCUT2D eigenvalue weighted by molar-refractivity contribution is 6.31. The Morgan fingerprint density at radius 1 is 1.16 bits per heavy atom. The van der Waals surface area contributed by atoms with E-state index in [9.17, 15) is 9.18 Å². The molecule has 0 aliphatic carbocycles. The topological polar surface area (TPSA) is 80.7 Å². The van der Waals surface area contributed by atoms with Gasteiger partial charge in [-0.05, 0) is 67.8 Å². The highest BCUT2D eigenvalue weighted by Crippen LogP contribution is 2.42. The first-order valence-corrected chi connectivity index (χ1v) is 12.7. The van der Waals surface area contributed by atoms with Gasteiger partial charge in [-0.15, -0.1) is 0 Å². The zero-order chi connectivity index (χ0) is 26.1. The molecule has 1 aromatic heterocycles. The molecule has 3 aromatic rings. The van der Waals surface area contributed by atoms with Crippen molar-refractivity contribution in [1.82, 2.24) is 20.0 Å². The number of carbonyl (C=O) groups excluding carboxylic acids is 1. The van der Waals surface area contributed by atoms with Crippen molar-refractivity contribution in [1.29, 1.82) is 0 Å². The van der Waals surface area contributed by atoms with E-state index in [-0.39, 0.29) is 17.1 Å². The Bertz CT molecular complexity index is 1300. The lowest BCUT2D eigenvalue weighted by molar-refractivity contribution is 0.0296. The van der Waals surface area contributed by atoms with E-state index in [4.69, 9.17) is 26.2 Å². The van der Waals surface area contributed by atoms with E-state index in [1.807, 2.05) is 29.9 Å². The number of nitrogens with one attached hydrogen (secondary N) is 2. The van der Waals surface area contributed by atoms with Crippen molar-refractivity contribution in [2.75, 3.05) is 39.2 Å². The number of amides is 2. The smallest absolute Gasteiger partial charge is 0.319 e. The molecule has 196 valence electrons. The molecule has 2 amide bonds. The molecule has 6 rings (SSSR count). The summed E-state index contributed by atoms with van der Waals surface area (Å²) in [6, 6.07) is 12.1. The van der Waals surface area contributed by atoms with E-state index in [2.05, 4.69) is 21.6 Å². The molecule has 0 saturated carbocycles. The van der Waals surface area contributed by atoms with Gasteiger partial charge in [0.25, 0.3) is 0 Å². The van der Waals surface area contributed by atoms with Crippen LogP contribution in [0.2, 0.25) is 5.02 Å². The number of methoxy groups -OCH3 is 2. The van der Waals surface area contributed by atoms with Gasteiger partial charge in [-0.3, -0.25) is 9.58 Å². The number of halogens is 2. The molecule has 10 heteroatoms. The van der Waals surface area contributed by atoms with Crippen molar-refractivity contribution in [3.05, 3.63) is 59.0 Å². The van der Waals surface area contributed by atoms with Crippen LogP contribution in [0.4, 0.5) is 14.9 Å². The zero-order valence-electron chi connectivity index (χ0n) is 21.1. The van der Waals surface area contributed by atoms with Crippen molar-refractivity contribution in [3.63, 3.8) is 0 Å². The Morgan fingerprint density at radius 2 is 1.97 bits per heavy atom. The first-order chi connectivity index (χ1) is 17.9. The molecule has 0 radical (unpaired) electrons. The first kappa shape index (κ1) is 25.4. The number of piperidine rings is 3. The molecule has 3 aliphatic heterocycles. The van der Waals surface area contributed by atoms with Crippen molar-refractivity contribution in [2.45, 2.75) is 24.8 Å². The summed E-state index contributed by atoms with van der Waals surface area (Å²) in [6.07, 6.45) is 2.13. The molecule has 3 aliphatic rings. The number of ether oxygens (including phenoxy) is 2. The Balaban J connectivity index is 1.22. The van der Waals surface area contributed by atoms with E-state index in [0.29, 0.717) is 35.6 Å². The van der Waals surface area contributed by atoms with Gasteiger partial charge in [0.2, 0.25) is 0 Å². The zero-order valence-corrected chi connectivity index (χ0v) is 21.9. The van der Waals surface area contributed by atoms with Crippen molar-refractivity contribution in [2.24, 2.45) is 13.0 Å². The Hall–Kier alpha value is -3.30. The number of aromatic nitrogens is 2. The highest BCUT2D eigenvalue weighted by atomic mass is 35.5. The van der Waals surface area contributed by atoms with Gasteiger partial charge in [0.05, 0.1) is 24.9 Å². The number of nitrogens with zero attached hydrogens (tertiary/aromatic N) is 3. The Morgan fingerprint density at radius 3 is 2.68 bits per heavy atom. The molecular formula is C27H31ClFN5O3. The van der Waals surface area contributed by atoms with E-state index in [1.54, 1.807) is 14.2 Å². The number of rotatable bonds is 7. The number of fused-ring (bicyclic) bond motifs is 3. The fourth-order valence-electron chi connectivity index (χ4n) is 5.61. The predicted octanol–water partition coefficient (Wildman–Crippen LogP) is 4.90. The maximum atomic E-state index is 13.4. The van der Waals surface area contributed by atoms with E-state index in [0.717, 1.165) is 37.2 Å². The monoisotopic (exact) mass is 527 g/mol. The normalized spacial score (nSPS) is 22.5. The summed E-state index contributed by atoms with van der Waals surface area (Å²) in [5.74, 6) is 1.75. The van der Waals surface area contributed by atoms with Crippen LogP contribution in [0, 0.1) is 11.7 Å². The SMILES string of the molecule is COc1ccc(-c2cc(C3CN4CCC3CC4CNC(=O)Nc3ccc(F)c(Cl)c3)n(C)n2)cc1OC. The molecule has 2 aromatic carbocycles. The minimum atomic E-state index is -0.516. The van der Waals surface area contributed by atoms with Crippen LogP contribution in [0.5, 0.6) is 11.5 Å². The van der Waals surface area contributed by atoms with Gasteiger partial charge in [0.1, 0.15) is 5.82 Å². The molecule has 8 nitrogen and oxygen atoms in total. The molecule has 4 unspecified atom stereocenters. The number of hydrogen-bond donors (Lipinski definition) is 2. The third-order valence-corrected chi connectivity index (χ3v) is 7.82. The third kappa shape index (κ3) is 5.24. The summed E-state index contributed by atoms with van der Waals surface area (Å²) >= 11 is 5.81. The summed E-state index contributed by atoms with van der Waals surface area (Å²) in [7, 11) is 5.26. The lowest BCUT2D eigenvalue weighted by atomic mass is 9.74. The van der Waals surface area contributed by atoms with Gasteiger partial charge >= 0.3 is 6.03 Å². The van der Waals surface area contributed by atoms with Crippen LogP contribution in [0.1, 0.15) is 24.5 Å². The average Bonchev–Trinajstić information content (AvgIpc) is 3.30. The quantitative estimate of drug-likeness (QED) is 0.457. The van der Waals surface area contributed by atoms with Gasteiger partial charge in [-0.1, -0.05) is 11.6 Å². The maximum absolute atomic E-state index is 13.4. The standard InChI is InChI=1S/C27H31ClFN5O3/c1-33-24(13-23(32-33)17-4-7-25(36-2)26(11-17)37-3)20-15-34-9-8-16(20)10-19(34)14-30-27(35)31-18-5-6-22(29)21(28)12-18/h4-7,11-13,16,19-20H,8-10,14-15H2,1-3H3,(H2,30,31,35). The van der Waals surface area contributed by atoms with Crippen LogP contribution in [0.15, 0.2) is 42.5 Å². The van der Waals surface area contributed by atoms with Crippen molar-refractivity contribution >= 4 is 23.3 Å². The van der Waals surface area contributed by atoms with E-state index < -0.39 is 5.82 Å². The fraction of sp³-hybridized carbons (Fsp3) is 0.407. The van der Waals surface area contributed by atoms with Gasteiger partial charge in [0.15, 0.2) is 11.5 Å². The minimum absolute atomic E-state index is 0.0241. The second-order valence-electron chi connectivity index (χ2n) is 9.65. The van der Waals surface area contributed by atoms with Gasteiger partial charge in [-0.2, -0.15) is 5.10 Å². The first-order valence-electron chi connectivity index (χ1n) is 12.4. The fourth-order valence-corrected chi connectivity index (χ4v) is 5.79. The molecule has 2 N–H and O–H groups in total. The summed E-state index contributed by atoms with van der Waals surface area (Å²) in [6.45, 7) is 2.49. The molecular weight excluding hydrogens is 497 g/mol. The lowest BCUT2D eigenvalue weighted by Gasteiger charge is -2.49. The molecule has 4 heterocycles. The molecule has 37 heavy (non-hydrogen) atoms. The Labute approximate surface area is 220 Å². The van der Waals surface area contributed by atoms with E-state index in [1.165, 1.54) is 23.9 Å². The van der Waals surface area contributed by atoms with Crippen LogP contribution in [-0.4, -0.2) is 60.6 Å². The third-order valence-electron chi connectivity index (χ3n) is 7.53. The summed E-state index contributed by atoms with van der Waals surface area (Å²) in [5, 5.41) is 10.5. The Kier molecular flexibility index (Phi) is 7.26. The number of carbonyl (C=O) groups is 1. The highest BCUT2D eigenvalue weighted by Gasteiger charge is 2.41. The molecule has 0 spiro atoms. The van der Waals surface area contributed by atoms with Crippen LogP contribution in [0.3, 0.4) is 0 Å². The predicted molar refractivity (Wildman–Crippen MR) is 141 cm³/mol. The number of hydrogen-bond acceptors (Lipinski definition) is 5. The summed E-state index contributed by atoms with van der Waals surface area (Å²) in [4.78, 5) is 14.9.